The van der Waals surface area contributed by atoms with Crippen LogP contribution < -0.4 is 0 Å². The summed E-state index contributed by atoms with van der Waals surface area (Å²) in [7, 11) is 1.71. The van der Waals surface area contributed by atoms with Crippen molar-refractivity contribution in [1.82, 2.24) is 4.90 Å². The lowest BCUT2D eigenvalue weighted by molar-refractivity contribution is -0.132. The van der Waals surface area contributed by atoms with E-state index in [-0.39, 0.29) is 5.91 Å². The zero-order chi connectivity index (χ0) is 13.0. The summed E-state index contributed by atoms with van der Waals surface area (Å²) in [6, 6.07) is 14.4. The van der Waals surface area contributed by atoms with E-state index >= 15 is 0 Å². The van der Waals surface area contributed by atoms with Crippen LogP contribution in [0, 0.1) is 0 Å². The molecule has 2 aromatic carbocycles. The highest BCUT2D eigenvalue weighted by Gasteiger charge is 2.07. The Morgan fingerprint density at radius 3 is 2.67 bits per heavy atom. The number of carbonyl (C=O) groups is 1. The molecule has 2 aromatic rings. The number of aliphatic hydroxyl groups is 1. The van der Waals surface area contributed by atoms with Crippen molar-refractivity contribution in [1.29, 1.82) is 0 Å². The summed E-state index contributed by atoms with van der Waals surface area (Å²) in [6.07, 6.45) is 0.795. The number of rotatable bonds is 4. The second kappa shape index (κ2) is 5.65. The lowest BCUT2D eigenvalue weighted by Gasteiger charge is -2.16. The van der Waals surface area contributed by atoms with Gasteiger partial charge in [-0.05, 0) is 22.8 Å². The van der Waals surface area contributed by atoms with Crippen molar-refractivity contribution in [3.63, 3.8) is 0 Å². The second-order valence-corrected chi connectivity index (χ2v) is 4.36. The summed E-state index contributed by atoms with van der Waals surface area (Å²) in [4.78, 5) is 12.8. The van der Waals surface area contributed by atoms with E-state index < -0.39 is 6.61 Å². The van der Waals surface area contributed by atoms with Crippen molar-refractivity contribution in [2.75, 3.05) is 20.2 Å². The van der Waals surface area contributed by atoms with Crippen LogP contribution in [0.25, 0.3) is 10.8 Å². The standard InChI is InChI=1S/C15H17NO2/c1-16(15(18)11-17)10-9-13-7-4-6-12-5-2-3-8-14(12)13/h2-8,17H,9-11H2,1H3. The predicted octanol–water partition coefficient (Wildman–Crippen LogP) is 1.83. The normalized spacial score (nSPS) is 10.6. The number of hydrogen-bond donors (Lipinski definition) is 1. The van der Waals surface area contributed by atoms with Crippen LogP contribution >= 0.6 is 0 Å². The van der Waals surface area contributed by atoms with Gasteiger partial charge in [0.1, 0.15) is 6.61 Å². The lowest BCUT2D eigenvalue weighted by Crippen LogP contribution is -2.31. The molecule has 0 bridgehead atoms. The third-order valence-corrected chi connectivity index (χ3v) is 3.16. The van der Waals surface area contributed by atoms with E-state index in [4.69, 9.17) is 5.11 Å². The summed E-state index contributed by atoms with van der Waals surface area (Å²) in [5, 5.41) is 11.2. The van der Waals surface area contributed by atoms with E-state index in [1.54, 1.807) is 11.9 Å². The molecule has 0 radical (unpaired) electrons. The van der Waals surface area contributed by atoms with Crippen LogP contribution in [0.4, 0.5) is 0 Å². The van der Waals surface area contributed by atoms with Crippen LogP contribution in [-0.2, 0) is 11.2 Å². The Kier molecular flexibility index (Phi) is 3.95. The van der Waals surface area contributed by atoms with Gasteiger partial charge in [0.25, 0.3) is 0 Å². The second-order valence-electron chi connectivity index (χ2n) is 4.36. The molecule has 0 aliphatic heterocycles. The fraction of sp³-hybridized carbons (Fsp3) is 0.267. The largest absolute Gasteiger partial charge is 0.387 e. The van der Waals surface area contributed by atoms with Crippen molar-refractivity contribution in [3.05, 3.63) is 48.0 Å². The first-order valence-electron chi connectivity index (χ1n) is 6.04. The van der Waals surface area contributed by atoms with E-state index in [1.807, 2.05) is 18.2 Å². The maximum Gasteiger partial charge on any atom is 0.248 e. The number of likely N-dealkylation sites (N-methyl/N-ethyl adjacent to an activating group) is 1. The summed E-state index contributed by atoms with van der Waals surface area (Å²) < 4.78 is 0. The SMILES string of the molecule is CN(CCc1cccc2ccccc12)C(=O)CO. The Morgan fingerprint density at radius 2 is 1.89 bits per heavy atom. The average Bonchev–Trinajstić information content (AvgIpc) is 2.43. The zero-order valence-corrected chi connectivity index (χ0v) is 10.5. The Morgan fingerprint density at radius 1 is 1.17 bits per heavy atom. The molecule has 2 rings (SSSR count). The molecule has 0 unspecified atom stereocenters. The van der Waals surface area contributed by atoms with Gasteiger partial charge in [-0.25, -0.2) is 0 Å². The summed E-state index contributed by atoms with van der Waals surface area (Å²) >= 11 is 0. The predicted molar refractivity (Wildman–Crippen MR) is 72.4 cm³/mol. The molecule has 0 aliphatic carbocycles. The number of aliphatic hydroxyl groups excluding tert-OH is 1. The molecule has 0 atom stereocenters. The van der Waals surface area contributed by atoms with Crippen molar-refractivity contribution in [2.24, 2.45) is 0 Å². The number of benzene rings is 2. The molecular weight excluding hydrogens is 226 g/mol. The minimum Gasteiger partial charge on any atom is -0.387 e. The molecule has 0 saturated carbocycles. The highest BCUT2D eigenvalue weighted by Crippen LogP contribution is 2.18. The quantitative estimate of drug-likeness (QED) is 0.890. The van der Waals surface area contributed by atoms with Crippen LogP contribution in [0.5, 0.6) is 0 Å². The molecule has 0 saturated heterocycles. The Bertz CT molecular complexity index is 546. The van der Waals surface area contributed by atoms with E-state index in [9.17, 15) is 4.79 Å². The highest BCUT2D eigenvalue weighted by atomic mass is 16.3. The topological polar surface area (TPSA) is 40.5 Å². The first kappa shape index (κ1) is 12.6. The molecule has 0 heterocycles. The van der Waals surface area contributed by atoms with Gasteiger partial charge >= 0.3 is 0 Å². The number of fused-ring (bicyclic) bond motifs is 1. The Labute approximate surface area is 107 Å². The molecule has 1 amide bonds. The minimum atomic E-state index is -0.425. The molecule has 94 valence electrons. The van der Waals surface area contributed by atoms with Gasteiger partial charge in [0.2, 0.25) is 5.91 Å². The average molecular weight is 243 g/mol. The van der Waals surface area contributed by atoms with Gasteiger partial charge in [-0.3, -0.25) is 4.79 Å². The maximum absolute atomic E-state index is 11.3. The van der Waals surface area contributed by atoms with Crippen LogP contribution in [0.2, 0.25) is 0 Å². The number of hydrogen-bond acceptors (Lipinski definition) is 2. The van der Waals surface area contributed by atoms with E-state index in [0.717, 1.165) is 6.42 Å². The molecule has 0 fully saturated rings. The van der Waals surface area contributed by atoms with Gasteiger partial charge < -0.3 is 10.0 Å². The van der Waals surface area contributed by atoms with E-state index in [2.05, 4.69) is 24.3 Å². The van der Waals surface area contributed by atoms with Gasteiger partial charge in [-0.1, -0.05) is 42.5 Å². The highest BCUT2D eigenvalue weighted by molar-refractivity contribution is 5.85. The Hall–Kier alpha value is -1.87. The fourth-order valence-corrected chi connectivity index (χ4v) is 2.04. The monoisotopic (exact) mass is 243 g/mol. The van der Waals surface area contributed by atoms with Gasteiger partial charge in [-0.15, -0.1) is 0 Å². The summed E-state index contributed by atoms with van der Waals surface area (Å²) in [5.74, 6) is -0.241. The molecule has 0 aliphatic rings. The van der Waals surface area contributed by atoms with Crippen LogP contribution in [-0.4, -0.2) is 36.1 Å². The van der Waals surface area contributed by atoms with Crippen molar-refractivity contribution in [3.8, 4) is 0 Å². The molecule has 18 heavy (non-hydrogen) atoms. The van der Waals surface area contributed by atoms with Crippen LogP contribution in [0.1, 0.15) is 5.56 Å². The number of nitrogens with zero attached hydrogens (tertiary/aromatic N) is 1. The van der Waals surface area contributed by atoms with Gasteiger partial charge in [-0.2, -0.15) is 0 Å². The lowest BCUT2D eigenvalue weighted by atomic mass is 10.0. The smallest absolute Gasteiger partial charge is 0.248 e. The number of amides is 1. The van der Waals surface area contributed by atoms with Crippen molar-refractivity contribution >= 4 is 16.7 Å². The van der Waals surface area contributed by atoms with Crippen LogP contribution in [0.3, 0.4) is 0 Å². The fourth-order valence-electron chi connectivity index (χ4n) is 2.04. The summed E-state index contributed by atoms with van der Waals surface area (Å²) in [5.41, 5.74) is 1.23. The third kappa shape index (κ3) is 2.68. The molecule has 0 aromatic heterocycles. The third-order valence-electron chi connectivity index (χ3n) is 3.16. The van der Waals surface area contributed by atoms with Gasteiger partial charge in [0.15, 0.2) is 0 Å². The minimum absolute atomic E-state index is 0.241. The summed E-state index contributed by atoms with van der Waals surface area (Å²) in [6.45, 7) is 0.194. The first-order valence-corrected chi connectivity index (χ1v) is 6.04. The molecule has 3 heteroatoms. The first-order chi connectivity index (χ1) is 8.72. The Balaban J connectivity index is 2.15. The van der Waals surface area contributed by atoms with Gasteiger partial charge in [0, 0.05) is 13.6 Å². The van der Waals surface area contributed by atoms with E-state index in [1.165, 1.54) is 16.3 Å². The molecule has 3 nitrogen and oxygen atoms in total. The van der Waals surface area contributed by atoms with E-state index in [0.29, 0.717) is 6.54 Å². The molecule has 0 spiro atoms. The van der Waals surface area contributed by atoms with Crippen molar-refractivity contribution in [2.45, 2.75) is 6.42 Å². The molecule has 1 N–H and O–H groups in total. The maximum atomic E-state index is 11.3. The number of carbonyl (C=O) groups excluding carboxylic acids is 1. The zero-order valence-electron chi connectivity index (χ0n) is 10.5. The van der Waals surface area contributed by atoms with Gasteiger partial charge in [0.05, 0.1) is 0 Å². The molecular formula is C15H17NO2. The van der Waals surface area contributed by atoms with Crippen molar-refractivity contribution < 1.29 is 9.90 Å². The van der Waals surface area contributed by atoms with Crippen LogP contribution in [0.15, 0.2) is 42.5 Å².